The van der Waals surface area contributed by atoms with Crippen molar-refractivity contribution >= 4 is 23.1 Å². The molecule has 0 aromatic heterocycles. The molecule has 1 N–H and O–H groups in total. The largest absolute Gasteiger partial charge is 0.487 e. The van der Waals surface area contributed by atoms with Crippen LogP contribution in [-0.2, 0) is 0 Å². The first-order valence-corrected chi connectivity index (χ1v) is 7.11. The predicted octanol–water partition coefficient (Wildman–Crippen LogP) is 2.91. The lowest BCUT2D eigenvalue weighted by atomic mass is 10.2. The molecule has 2 rings (SSSR count). The number of nitrogens with zero attached hydrogens (tertiary/aromatic N) is 1. The van der Waals surface area contributed by atoms with Crippen LogP contribution in [0.4, 0.5) is 11.4 Å². The minimum absolute atomic E-state index is 0.0168. The fourth-order valence-electron chi connectivity index (χ4n) is 1.91. The van der Waals surface area contributed by atoms with E-state index in [1.54, 1.807) is 12.1 Å². The first-order valence-electron chi connectivity index (χ1n) is 5.96. The van der Waals surface area contributed by atoms with E-state index in [9.17, 15) is 10.1 Å². The zero-order chi connectivity index (χ0) is 13.0. The van der Waals surface area contributed by atoms with Crippen molar-refractivity contribution in [1.82, 2.24) is 0 Å². The van der Waals surface area contributed by atoms with Gasteiger partial charge in [-0.1, -0.05) is 0 Å². The van der Waals surface area contributed by atoms with Gasteiger partial charge in [-0.15, -0.1) is 0 Å². The molecule has 1 aromatic rings. The number of benzene rings is 1. The molecule has 1 aliphatic rings. The average Bonchev–Trinajstić information content (AvgIpc) is 2.82. The summed E-state index contributed by atoms with van der Waals surface area (Å²) in [6.07, 6.45) is 1.13. The molecule has 1 aromatic carbocycles. The number of nitrogens with one attached hydrogen (secondary N) is 1. The Morgan fingerprint density at radius 3 is 3.06 bits per heavy atom. The Morgan fingerprint density at radius 2 is 2.44 bits per heavy atom. The van der Waals surface area contributed by atoms with Crippen LogP contribution < -0.4 is 10.1 Å². The predicted molar refractivity (Wildman–Crippen MR) is 73.6 cm³/mol. The van der Waals surface area contributed by atoms with Gasteiger partial charge < -0.3 is 10.1 Å². The Bertz CT molecular complexity index is 433. The van der Waals surface area contributed by atoms with Gasteiger partial charge in [-0.05, 0) is 25.2 Å². The molecule has 1 heterocycles. The molecule has 0 spiro atoms. The van der Waals surface area contributed by atoms with E-state index in [4.69, 9.17) is 4.74 Å². The van der Waals surface area contributed by atoms with Crippen molar-refractivity contribution in [2.45, 2.75) is 19.4 Å². The average molecular weight is 268 g/mol. The number of hydrogen-bond acceptors (Lipinski definition) is 5. The van der Waals surface area contributed by atoms with E-state index < -0.39 is 4.92 Å². The van der Waals surface area contributed by atoms with Crippen LogP contribution in [0.5, 0.6) is 5.75 Å². The zero-order valence-electron chi connectivity index (χ0n) is 10.2. The highest BCUT2D eigenvalue weighted by molar-refractivity contribution is 7.99. The van der Waals surface area contributed by atoms with Crippen molar-refractivity contribution in [3.8, 4) is 5.75 Å². The van der Waals surface area contributed by atoms with Crippen LogP contribution in [0.15, 0.2) is 18.2 Å². The van der Waals surface area contributed by atoms with Crippen molar-refractivity contribution in [2.75, 3.05) is 23.4 Å². The summed E-state index contributed by atoms with van der Waals surface area (Å²) in [5.74, 6) is 2.59. The molecule has 0 aliphatic carbocycles. The van der Waals surface area contributed by atoms with E-state index >= 15 is 0 Å². The van der Waals surface area contributed by atoms with Crippen LogP contribution in [0.25, 0.3) is 0 Å². The van der Waals surface area contributed by atoms with E-state index in [0.29, 0.717) is 18.4 Å². The van der Waals surface area contributed by atoms with E-state index in [1.807, 2.05) is 18.7 Å². The molecule has 1 fully saturated rings. The molecular weight excluding hydrogens is 252 g/mol. The number of thioether (sulfide) groups is 1. The minimum Gasteiger partial charge on any atom is -0.487 e. The van der Waals surface area contributed by atoms with Crippen LogP contribution in [-0.4, -0.2) is 29.1 Å². The molecule has 0 radical (unpaired) electrons. The van der Waals surface area contributed by atoms with Crippen molar-refractivity contribution in [1.29, 1.82) is 0 Å². The van der Waals surface area contributed by atoms with Gasteiger partial charge in [-0.3, -0.25) is 10.1 Å². The van der Waals surface area contributed by atoms with Crippen LogP contribution >= 0.6 is 11.8 Å². The van der Waals surface area contributed by atoms with Gasteiger partial charge in [0, 0.05) is 29.6 Å². The lowest BCUT2D eigenvalue weighted by Gasteiger charge is -2.14. The molecule has 6 heteroatoms. The van der Waals surface area contributed by atoms with Crippen molar-refractivity contribution in [2.24, 2.45) is 0 Å². The molecule has 98 valence electrons. The topological polar surface area (TPSA) is 64.4 Å². The normalized spacial score (nSPS) is 18.6. The highest BCUT2D eigenvalue weighted by Gasteiger charge is 2.18. The van der Waals surface area contributed by atoms with Crippen LogP contribution in [0.3, 0.4) is 0 Å². The summed E-state index contributed by atoms with van der Waals surface area (Å²) in [5, 5.41) is 14.2. The number of ether oxygens (including phenoxy) is 1. The Morgan fingerprint density at radius 1 is 1.61 bits per heavy atom. The van der Waals surface area contributed by atoms with Gasteiger partial charge in [0.2, 0.25) is 0 Å². The molecule has 1 aliphatic heterocycles. The van der Waals surface area contributed by atoms with Gasteiger partial charge >= 0.3 is 5.69 Å². The third kappa shape index (κ3) is 3.07. The lowest BCUT2D eigenvalue weighted by Crippen LogP contribution is -2.18. The van der Waals surface area contributed by atoms with E-state index in [1.165, 1.54) is 11.8 Å². The second-order valence-corrected chi connectivity index (χ2v) is 5.23. The molecule has 0 amide bonds. The number of nitro groups is 1. The van der Waals surface area contributed by atoms with Crippen LogP contribution in [0.2, 0.25) is 0 Å². The van der Waals surface area contributed by atoms with Crippen molar-refractivity contribution in [3.05, 3.63) is 28.3 Å². The van der Waals surface area contributed by atoms with Crippen LogP contribution in [0, 0.1) is 10.1 Å². The SMILES string of the molecule is CCOc1cc(NC2CCSC2)ccc1[N+](=O)[O-]. The molecule has 5 nitrogen and oxygen atoms in total. The number of rotatable bonds is 5. The fraction of sp³-hybridized carbons (Fsp3) is 0.500. The van der Waals surface area contributed by atoms with E-state index in [2.05, 4.69) is 5.32 Å². The standard InChI is InChI=1S/C12H16N2O3S/c1-2-17-12-7-9(3-4-11(12)14(15)16)13-10-5-6-18-8-10/h3-4,7,10,13H,2,5-6,8H2,1H3. The Hall–Kier alpha value is -1.43. The summed E-state index contributed by atoms with van der Waals surface area (Å²) in [7, 11) is 0. The fourth-order valence-corrected chi connectivity index (χ4v) is 3.06. The second kappa shape index (κ2) is 5.95. The van der Waals surface area contributed by atoms with Gasteiger partial charge in [0.25, 0.3) is 0 Å². The molecule has 1 atom stereocenters. The summed E-state index contributed by atoms with van der Waals surface area (Å²) in [5.41, 5.74) is 0.903. The van der Waals surface area contributed by atoms with Crippen molar-refractivity contribution < 1.29 is 9.66 Å². The molecule has 18 heavy (non-hydrogen) atoms. The summed E-state index contributed by atoms with van der Waals surface area (Å²) in [6, 6.07) is 5.40. The highest BCUT2D eigenvalue weighted by Crippen LogP contribution is 2.31. The Labute approximate surface area is 110 Å². The minimum atomic E-state index is -0.416. The van der Waals surface area contributed by atoms with E-state index in [-0.39, 0.29) is 5.69 Å². The zero-order valence-corrected chi connectivity index (χ0v) is 11.0. The molecule has 1 saturated heterocycles. The number of hydrogen-bond donors (Lipinski definition) is 1. The summed E-state index contributed by atoms with van der Waals surface area (Å²) < 4.78 is 5.32. The van der Waals surface area contributed by atoms with Crippen molar-refractivity contribution in [3.63, 3.8) is 0 Å². The third-order valence-corrected chi connectivity index (χ3v) is 3.92. The molecular formula is C12H16N2O3S. The van der Waals surface area contributed by atoms with Gasteiger partial charge in [0.1, 0.15) is 0 Å². The lowest BCUT2D eigenvalue weighted by molar-refractivity contribution is -0.385. The summed E-state index contributed by atoms with van der Waals surface area (Å²) >= 11 is 1.92. The van der Waals surface area contributed by atoms with Gasteiger partial charge in [-0.25, -0.2) is 0 Å². The summed E-state index contributed by atoms with van der Waals surface area (Å²) in [6.45, 7) is 2.24. The Balaban J connectivity index is 2.16. The van der Waals surface area contributed by atoms with Crippen LogP contribution in [0.1, 0.15) is 13.3 Å². The quantitative estimate of drug-likeness (QED) is 0.657. The summed E-state index contributed by atoms with van der Waals surface area (Å²) in [4.78, 5) is 10.4. The first kappa shape index (κ1) is 13.0. The van der Waals surface area contributed by atoms with Gasteiger partial charge in [-0.2, -0.15) is 11.8 Å². The maximum Gasteiger partial charge on any atom is 0.311 e. The van der Waals surface area contributed by atoms with Gasteiger partial charge in [0.05, 0.1) is 11.5 Å². The molecule has 0 bridgehead atoms. The molecule has 0 saturated carbocycles. The maximum absolute atomic E-state index is 10.9. The maximum atomic E-state index is 10.9. The smallest absolute Gasteiger partial charge is 0.311 e. The second-order valence-electron chi connectivity index (χ2n) is 4.08. The Kier molecular flexibility index (Phi) is 4.30. The molecule has 1 unspecified atom stereocenters. The number of anilines is 1. The highest BCUT2D eigenvalue weighted by atomic mass is 32.2. The number of nitro benzene ring substituents is 1. The first-order chi connectivity index (χ1) is 8.70. The van der Waals surface area contributed by atoms with E-state index in [0.717, 1.165) is 17.9 Å². The monoisotopic (exact) mass is 268 g/mol. The third-order valence-electron chi connectivity index (χ3n) is 2.76. The van der Waals surface area contributed by atoms with Gasteiger partial charge in [0.15, 0.2) is 5.75 Å².